The van der Waals surface area contributed by atoms with Crippen LogP contribution >= 0.6 is 27.3 Å². The number of benzene rings is 2. The number of aromatic nitrogens is 2. The lowest BCUT2D eigenvalue weighted by molar-refractivity contribution is 0.0970. The van der Waals surface area contributed by atoms with Crippen molar-refractivity contribution in [2.24, 2.45) is 5.92 Å². The molecule has 2 aromatic carbocycles. The average molecular weight is 554 g/mol. The highest BCUT2D eigenvalue weighted by molar-refractivity contribution is 9.10. The molecule has 5 rings (SSSR count). The first-order chi connectivity index (χ1) is 16.9. The van der Waals surface area contributed by atoms with Gasteiger partial charge in [-0.1, -0.05) is 60.2 Å². The number of ether oxygens (including phenoxy) is 1. The predicted octanol–water partition coefficient (Wildman–Crippen LogP) is 6.14. The Balaban J connectivity index is 1.67. The zero-order chi connectivity index (χ0) is 24.7. The normalized spacial score (nSPS) is 15.3. The molecule has 180 valence electrons. The van der Waals surface area contributed by atoms with Gasteiger partial charge >= 0.3 is 0 Å². The van der Waals surface area contributed by atoms with E-state index < -0.39 is 11.9 Å². The van der Waals surface area contributed by atoms with Crippen LogP contribution in [-0.2, 0) is 6.42 Å². The van der Waals surface area contributed by atoms with Gasteiger partial charge in [0.15, 0.2) is 5.43 Å². The van der Waals surface area contributed by atoms with Crippen molar-refractivity contribution in [3.05, 3.63) is 79.1 Å². The molecular formula is C26H24BrN3O4S. The van der Waals surface area contributed by atoms with Crippen LogP contribution < -0.4 is 15.1 Å². The Labute approximate surface area is 214 Å². The number of hydrogen-bond donors (Lipinski definition) is 0. The van der Waals surface area contributed by atoms with E-state index in [0.717, 1.165) is 21.5 Å². The summed E-state index contributed by atoms with van der Waals surface area (Å²) in [4.78, 5) is 28.9. The molecule has 0 aliphatic carbocycles. The van der Waals surface area contributed by atoms with Gasteiger partial charge in [-0.3, -0.25) is 14.5 Å². The molecule has 0 saturated heterocycles. The van der Waals surface area contributed by atoms with Gasteiger partial charge in [0.25, 0.3) is 5.91 Å². The van der Waals surface area contributed by atoms with Gasteiger partial charge in [-0.15, -0.1) is 10.2 Å². The first-order valence-corrected chi connectivity index (χ1v) is 13.1. The predicted molar refractivity (Wildman–Crippen MR) is 140 cm³/mol. The second kappa shape index (κ2) is 9.54. The molecule has 7 nitrogen and oxygen atoms in total. The van der Waals surface area contributed by atoms with Crippen molar-refractivity contribution in [1.29, 1.82) is 0 Å². The number of rotatable bonds is 7. The summed E-state index contributed by atoms with van der Waals surface area (Å²) < 4.78 is 12.8. The maximum atomic E-state index is 13.7. The minimum absolute atomic E-state index is 0.0363. The van der Waals surface area contributed by atoms with E-state index in [0.29, 0.717) is 46.4 Å². The van der Waals surface area contributed by atoms with E-state index in [1.807, 2.05) is 31.2 Å². The maximum absolute atomic E-state index is 13.7. The molecule has 4 aromatic rings. The highest BCUT2D eigenvalue weighted by Crippen LogP contribution is 2.43. The fourth-order valence-corrected chi connectivity index (χ4v) is 5.30. The van der Waals surface area contributed by atoms with Gasteiger partial charge < -0.3 is 9.15 Å². The molecule has 0 bridgehead atoms. The molecule has 35 heavy (non-hydrogen) atoms. The zero-order valence-corrected chi connectivity index (χ0v) is 22.0. The van der Waals surface area contributed by atoms with E-state index >= 15 is 0 Å². The van der Waals surface area contributed by atoms with Gasteiger partial charge in [0.1, 0.15) is 16.3 Å². The smallest absolute Gasteiger partial charge is 0.297 e. The van der Waals surface area contributed by atoms with Crippen molar-refractivity contribution in [1.82, 2.24) is 10.2 Å². The largest absolute Gasteiger partial charge is 0.494 e. The van der Waals surface area contributed by atoms with Crippen molar-refractivity contribution in [3.63, 3.8) is 0 Å². The van der Waals surface area contributed by atoms with Crippen LogP contribution in [-0.4, -0.2) is 22.7 Å². The Morgan fingerprint density at radius 3 is 2.74 bits per heavy atom. The molecule has 1 aliphatic heterocycles. The minimum Gasteiger partial charge on any atom is -0.494 e. The fraction of sp³-hybridized carbons (Fsp3) is 0.308. The lowest BCUT2D eigenvalue weighted by atomic mass is 9.98. The monoisotopic (exact) mass is 553 g/mol. The average Bonchev–Trinajstić information content (AvgIpc) is 3.42. The third kappa shape index (κ3) is 4.38. The topological polar surface area (TPSA) is 85.5 Å². The molecule has 9 heteroatoms. The third-order valence-corrected chi connectivity index (χ3v) is 7.49. The number of halogens is 1. The molecule has 1 amide bonds. The highest BCUT2D eigenvalue weighted by Gasteiger charge is 2.45. The standard InChI is InChI=1S/C26H24BrN3O4S/c1-4-20-28-29-26(35-20)30-22(15-6-5-7-17(12-15)33-11-10-14(2)3)21-23(31)18-13-16(27)8-9-19(18)34-24(21)25(30)32/h5-9,12-14,22H,4,10-11H2,1-3H3. The van der Waals surface area contributed by atoms with Crippen LogP contribution in [0.25, 0.3) is 11.0 Å². The lowest BCUT2D eigenvalue weighted by Gasteiger charge is -2.22. The Kier molecular flexibility index (Phi) is 6.46. The molecule has 3 heterocycles. The minimum atomic E-state index is -0.705. The molecule has 0 fully saturated rings. The Morgan fingerprint density at radius 1 is 1.17 bits per heavy atom. The Hall–Kier alpha value is -3.04. The van der Waals surface area contributed by atoms with Crippen molar-refractivity contribution in [2.75, 3.05) is 11.5 Å². The van der Waals surface area contributed by atoms with Crippen LogP contribution in [0.15, 0.2) is 56.1 Å². The zero-order valence-electron chi connectivity index (χ0n) is 19.6. The van der Waals surface area contributed by atoms with E-state index in [2.05, 4.69) is 40.0 Å². The maximum Gasteiger partial charge on any atom is 0.297 e. The SMILES string of the molecule is CCc1nnc(N2C(=O)c3oc4ccc(Br)cc4c(=O)c3C2c2cccc(OCCC(C)C)c2)s1. The van der Waals surface area contributed by atoms with E-state index in [1.165, 1.54) is 16.2 Å². The lowest BCUT2D eigenvalue weighted by Crippen LogP contribution is -2.29. The first kappa shape index (κ1) is 23.7. The summed E-state index contributed by atoms with van der Waals surface area (Å²) in [6.07, 6.45) is 1.63. The summed E-state index contributed by atoms with van der Waals surface area (Å²) in [5.74, 6) is 0.838. The second-order valence-corrected chi connectivity index (χ2v) is 10.8. The summed E-state index contributed by atoms with van der Waals surface area (Å²) >= 11 is 4.77. The Morgan fingerprint density at radius 2 is 2.00 bits per heavy atom. The molecule has 1 unspecified atom stereocenters. The highest BCUT2D eigenvalue weighted by atomic mass is 79.9. The second-order valence-electron chi connectivity index (χ2n) is 8.83. The van der Waals surface area contributed by atoms with Crippen LogP contribution in [0.3, 0.4) is 0 Å². The van der Waals surface area contributed by atoms with Gasteiger partial charge in [-0.05, 0) is 54.7 Å². The number of fused-ring (bicyclic) bond motifs is 2. The number of anilines is 1. The molecule has 0 N–H and O–H groups in total. The van der Waals surface area contributed by atoms with Crippen LogP contribution in [0.4, 0.5) is 5.13 Å². The van der Waals surface area contributed by atoms with Crippen molar-refractivity contribution in [2.45, 2.75) is 39.7 Å². The molecule has 2 aromatic heterocycles. The number of carbonyl (C=O) groups is 1. The van der Waals surface area contributed by atoms with Gasteiger partial charge in [0.2, 0.25) is 10.9 Å². The van der Waals surface area contributed by atoms with E-state index in [-0.39, 0.29) is 11.2 Å². The van der Waals surface area contributed by atoms with Gasteiger partial charge in [0, 0.05) is 4.47 Å². The molecular weight excluding hydrogens is 530 g/mol. The van der Waals surface area contributed by atoms with Crippen LogP contribution in [0, 0.1) is 5.92 Å². The van der Waals surface area contributed by atoms with Crippen molar-refractivity contribution >= 4 is 49.3 Å². The molecule has 0 spiro atoms. The van der Waals surface area contributed by atoms with Crippen LogP contribution in [0.2, 0.25) is 0 Å². The number of hydrogen-bond acceptors (Lipinski definition) is 7. The molecule has 1 aliphatic rings. The van der Waals surface area contributed by atoms with Gasteiger partial charge in [-0.25, -0.2) is 0 Å². The Bertz CT molecular complexity index is 1480. The first-order valence-electron chi connectivity index (χ1n) is 11.5. The third-order valence-electron chi connectivity index (χ3n) is 5.93. The molecule has 0 saturated carbocycles. The number of aryl methyl sites for hydroxylation is 1. The van der Waals surface area contributed by atoms with Crippen LogP contribution in [0.1, 0.15) is 59.9 Å². The van der Waals surface area contributed by atoms with Crippen LogP contribution in [0.5, 0.6) is 5.75 Å². The summed E-state index contributed by atoms with van der Waals surface area (Å²) in [6, 6.07) is 12.0. The van der Waals surface area contributed by atoms with Crippen molar-refractivity contribution in [3.8, 4) is 5.75 Å². The van der Waals surface area contributed by atoms with E-state index in [9.17, 15) is 9.59 Å². The summed E-state index contributed by atoms with van der Waals surface area (Å²) in [7, 11) is 0. The van der Waals surface area contributed by atoms with E-state index in [4.69, 9.17) is 9.15 Å². The van der Waals surface area contributed by atoms with Crippen molar-refractivity contribution < 1.29 is 13.9 Å². The number of amides is 1. The number of carbonyl (C=O) groups excluding carboxylic acids is 1. The summed E-state index contributed by atoms with van der Waals surface area (Å²) in [6.45, 7) is 6.86. The quantitative estimate of drug-likeness (QED) is 0.273. The molecule has 1 atom stereocenters. The molecule has 0 radical (unpaired) electrons. The number of nitrogens with zero attached hydrogens (tertiary/aromatic N) is 3. The van der Waals surface area contributed by atoms with Gasteiger partial charge in [0.05, 0.1) is 23.6 Å². The summed E-state index contributed by atoms with van der Waals surface area (Å²) in [5, 5.41) is 10.1. The van der Waals surface area contributed by atoms with E-state index in [1.54, 1.807) is 18.2 Å². The van der Waals surface area contributed by atoms with Gasteiger partial charge in [-0.2, -0.15) is 0 Å². The fourth-order valence-electron chi connectivity index (χ4n) is 4.13. The summed E-state index contributed by atoms with van der Waals surface area (Å²) in [5.41, 5.74) is 1.17.